The number of hydrogen-bond donors (Lipinski definition) is 1. The van der Waals surface area contributed by atoms with Crippen LogP contribution in [0.5, 0.6) is 5.88 Å². The smallest absolute Gasteiger partial charge is 0.422 e. The fourth-order valence-corrected chi connectivity index (χ4v) is 1.92. The van der Waals surface area contributed by atoms with Gasteiger partial charge in [-0.25, -0.2) is 9.37 Å². The number of nitrogens with zero attached hydrogens (tertiary/aromatic N) is 2. The maximum atomic E-state index is 13.4. The minimum atomic E-state index is -4.51. The van der Waals surface area contributed by atoms with Gasteiger partial charge in [-0.15, -0.1) is 0 Å². The molecule has 0 aliphatic rings. The number of amides is 1. The minimum Gasteiger partial charge on any atom is -0.468 e. The number of ether oxygens (including phenoxy) is 1. The van der Waals surface area contributed by atoms with E-state index < -0.39 is 30.5 Å². The number of benzene rings is 1. The number of rotatable bonds is 5. The fraction of sp³-hybridized carbons (Fsp3) is 0.267. The molecule has 2 rings (SSSR count). The van der Waals surface area contributed by atoms with Crippen molar-refractivity contribution in [3.8, 4) is 5.88 Å². The number of carbonyl (C=O) groups is 1. The highest BCUT2D eigenvalue weighted by Crippen LogP contribution is 2.22. The van der Waals surface area contributed by atoms with Crippen molar-refractivity contribution in [2.45, 2.75) is 19.1 Å². The van der Waals surface area contributed by atoms with Gasteiger partial charge in [0.15, 0.2) is 12.4 Å². The van der Waals surface area contributed by atoms with Crippen molar-refractivity contribution in [1.29, 1.82) is 0 Å². The van der Waals surface area contributed by atoms with Gasteiger partial charge in [0.2, 0.25) is 11.8 Å². The van der Waals surface area contributed by atoms with Crippen LogP contribution in [0.3, 0.4) is 0 Å². The van der Waals surface area contributed by atoms with Gasteiger partial charge in [-0.1, -0.05) is 12.1 Å². The van der Waals surface area contributed by atoms with E-state index in [-0.39, 0.29) is 11.7 Å². The summed E-state index contributed by atoms with van der Waals surface area (Å²) in [5.74, 6) is -1.29. The van der Waals surface area contributed by atoms with Crippen molar-refractivity contribution >= 4 is 5.91 Å². The van der Waals surface area contributed by atoms with Crippen LogP contribution in [0.1, 0.15) is 24.4 Å². The number of nitrogens with one attached hydrogen (secondary N) is 1. The van der Waals surface area contributed by atoms with Crippen molar-refractivity contribution in [3.05, 3.63) is 53.7 Å². The summed E-state index contributed by atoms with van der Waals surface area (Å²) >= 11 is 0. The molecule has 24 heavy (non-hydrogen) atoms. The first kappa shape index (κ1) is 17.6. The highest BCUT2D eigenvalue weighted by atomic mass is 19.4. The highest BCUT2D eigenvalue weighted by Gasteiger charge is 2.29. The zero-order chi connectivity index (χ0) is 17.7. The summed E-state index contributed by atoms with van der Waals surface area (Å²) < 4.78 is 54.6. The first-order chi connectivity index (χ1) is 11.2. The van der Waals surface area contributed by atoms with Crippen molar-refractivity contribution in [2.24, 2.45) is 0 Å². The Morgan fingerprint density at radius 2 is 2.08 bits per heavy atom. The Hall–Kier alpha value is -2.71. The highest BCUT2D eigenvalue weighted by molar-refractivity contribution is 5.73. The molecule has 1 aromatic carbocycles. The van der Waals surface area contributed by atoms with Crippen LogP contribution in [0.15, 0.2) is 36.5 Å². The van der Waals surface area contributed by atoms with Crippen LogP contribution in [0.4, 0.5) is 17.6 Å². The number of carbonyl (C=O) groups excluding carboxylic acids is 1. The third-order valence-electron chi connectivity index (χ3n) is 2.82. The molecule has 0 aliphatic carbocycles. The number of hydrogen-bond acceptors (Lipinski definition) is 4. The lowest BCUT2D eigenvalue weighted by Gasteiger charge is -2.18. The van der Waals surface area contributed by atoms with Gasteiger partial charge in [0.05, 0.1) is 0 Å². The van der Waals surface area contributed by atoms with Crippen LogP contribution < -0.4 is 10.1 Å². The summed E-state index contributed by atoms with van der Waals surface area (Å²) in [7, 11) is 0. The molecular formula is C15H13F4N3O2. The van der Waals surface area contributed by atoms with Crippen LogP contribution in [0.2, 0.25) is 0 Å². The molecule has 1 atom stereocenters. The monoisotopic (exact) mass is 343 g/mol. The second-order valence-electron chi connectivity index (χ2n) is 4.85. The van der Waals surface area contributed by atoms with E-state index in [1.807, 2.05) is 0 Å². The van der Waals surface area contributed by atoms with E-state index >= 15 is 0 Å². The Morgan fingerprint density at radius 1 is 1.33 bits per heavy atom. The summed E-state index contributed by atoms with van der Waals surface area (Å²) in [6.45, 7) is -0.259. The average molecular weight is 343 g/mol. The zero-order valence-corrected chi connectivity index (χ0v) is 12.5. The van der Waals surface area contributed by atoms with Crippen LogP contribution in [-0.2, 0) is 4.79 Å². The van der Waals surface area contributed by atoms with Crippen LogP contribution in [0, 0.1) is 5.82 Å². The SMILES string of the molecule is CC(=O)NC(c1cccc(F)c1)c1nccc(OCC(F)(F)F)n1. The van der Waals surface area contributed by atoms with Crippen molar-refractivity contribution in [1.82, 2.24) is 15.3 Å². The third kappa shape index (κ3) is 5.18. The molecule has 0 saturated heterocycles. The Bertz CT molecular complexity index is 722. The summed E-state index contributed by atoms with van der Waals surface area (Å²) in [4.78, 5) is 19.2. The predicted molar refractivity (Wildman–Crippen MR) is 75.6 cm³/mol. The standard InChI is InChI=1S/C15H13F4N3O2/c1-9(23)21-13(10-3-2-4-11(16)7-10)14-20-6-5-12(22-14)24-8-15(17,18)19/h2-7,13H,8H2,1H3,(H,21,23). The quantitative estimate of drug-likeness (QED) is 0.848. The molecular weight excluding hydrogens is 330 g/mol. The lowest BCUT2D eigenvalue weighted by atomic mass is 10.1. The van der Waals surface area contributed by atoms with Crippen LogP contribution in [-0.4, -0.2) is 28.7 Å². The van der Waals surface area contributed by atoms with E-state index in [4.69, 9.17) is 0 Å². The first-order valence-electron chi connectivity index (χ1n) is 6.79. The number of aromatic nitrogens is 2. The van der Waals surface area contributed by atoms with Crippen molar-refractivity contribution < 1.29 is 27.1 Å². The van der Waals surface area contributed by atoms with Gasteiger partial charge in [0, 0.05) is 19.2 Å². The first-order valence-corrected chi connectivity index (χ1v) is 6.79. The third-order valence-corrected chi connectivity index (χ3v) is 2.82. The second-order valence-corrected chi connectivity index (χ2v) is 4.85. The van der Waals surface area contributed by atoms with Crippen LogP contribution in [0.25, 0.3) is 0 Å². The largest absolute Gasteiger partial charge is 0.468 e. The van der Waals surface area contributed by atoms with Crippen molar-refractivity contribution in [2.75, 3.05) is 6.61 Å². The second kappa shape index (κ2) is 7.24. The molecule has 0 bridgehead atoms. The molecule has 1 heterocycles. The number of halogens is 4. The van der Waals surface area contributed by atoms with Gasteiger partial charge < -0.3 is 10.1 Å². The average Bonchev–Trinajstić information content (AvgIpc) is 2.50. The van der Waals surface area contributed by atoms with Gasteiger partial charge >= 0.3 is 6.18 Å². The molecule has 9 heteroatoms. The molecule has 1 aromatic heterocycles. The molecule has 1 N–H and O–H groups in total. The van der Waals surface area contributed by atoms with E-state index in [0.717, 1.165) is 6.07 Å². The Labute approximate surface area is 134 Å². The molecule has 0 spiro atoms. The number of alkyl halides is 3. The minimum absolute atomic E-state index is 0.0181. The summed E-state index contributed by atoms with van der Waals surface area (Å²) in [5, 5.41) is 2.53. The molecule has 0 radical (unpaired) electrons. The van der Waals surface area contributed by atoms with Crippen LogP contribution >= 0.6 is 0 Å². The molecule has 1 unspecified atom stereocenters. The molecule has 128 valence electrons. The summed E-state index contributed by atoms with van der Waals surface area (Å²) in [5.41, 5.74) is 0.346. The Balaban J connectivity index is 2.31. The Morgan fingerprint density at radius 3 is 2.71 bits per heavy atom. The van der Waals surface area contributed by atoms with Gasteiger partial charge in [-0.2, -0.15) is 18.2 Å². The van der Waals surface area contributed by atoms with Gasteiger partial charge in [-0.3, -0.25) is 4.79 Å². The fourth-order valence-electron chi connectivity index (χ4n) is 1.92. The predicted octanol–water partition coefficient (Wildman–Crippen LogP) is 2.78. The lowest BCUT2D eigenvalue weighted by molar-refractivity contribution is -0.154. The van der Waals surface area contributed by atoms with Gasteiger partial charge in [0.25, 0.3) is 0 Å². The molecule has 0 fully saturated rings. The normalized spacial score (nSPS) is 12.5. The molecule has 0 saturated carbocycles. The summed E-state index contributed by atoms with van der Waals surface area (Å²) in [6.07, 6.45) is -3.31. The van der Waals surface area contributed by atoms with Crippen molar-refractivity contribution in [3.63, 3.8) is 0 Å². The molecule has 5 nitrogen and oxygen atoms in total. The van der Waals surface area contributed by atoms with E-state index in [0.29, 0.717) is 5.56 Å². The molecule has 1 amide bonds. The summed E-state index contributed by atoms with van der Waals surface area (Å²) in [6, 6.07) is 5.60. The van der Waals surface area contributed by atoms with Gasteiger partial charge in [-0.05, 0) is 17.7 Å². The van der Waals surface area contributed by atoms with E-state index in [2.05, 4.69) is 20.0 Å². The topological polar surface area (TPSA) is 64.1 Å². The maximum Gasteiger partial charge on any atom is 0.422 e. The Kier molecular flexibility index (Phi) is 5.32. The van der Waals surface area contributed by atoms with E-state index in [9.17, 15) is 22.4 Å². The molecule has 0 aliphatic heterocycles. The van der Waals surface area contributed by atoms with E-state index in [1.54, 1.807) is 0 Å². The van der Waals surface area contributed by atoms with Gasteiger partial charge in [0.1, 0.15) is 11.9 Å². The zero-order valence-electron chi connectivity index (χ0n) is 12.5. The maximum absolute atomic E-state index is 13.4. The molecule has 2 aromatic rings. The van der Waals surface area contributed by atoms with E-state index in [1.165, 1.54) is 37.4 Å². The lowest BCUT2D eigenvalue weighted by Crippen LogP contribution is -2.28.